The van der Waals surface area contributed by atoms with E-state index in [2.05, 4.69) is 32.7 Å². The summed E-state index contributed by atoms with van der Waals surface area (Å²) in [7, 11) is 2.25. The van der Waals surface area contributed by atoms with E-state index in [0.29, 0.717) is 5.41 Å². The van der Waals surface area contributed by atoms with Crippen LogP contribution in [-0.4, -0.2) is 24.5 Å². The van der Waals surface area contributed by atoms with Crippen molar-refractivity contribution in [2.45, 2.75) is 59.9 Å². The van der Waals surface area contributed by atoms with Crippen LogP contribution in [0.1, 0.15) is 53.9 Å². The topological polar surface area (TPSA) is 3.24 Å². The molecular weight excluding hydrogens is 158 g/mol. The number of hydrogen-bond acceptors (Lipinski definition) is 1. The van der Waals surface area contributed by atoms with Gasteiger partial charge >= 0.3 is 0 Å². The Kier molecular flexibility index (Phi) is 5.62. The first-order valence-electron chi connectivity index (χ1n) is 5.69. The Labute approximate surface area is 84.5 Å². The minimum atomic E-state index is 0.503. The Morgan fingerprint density at radius 2 is 1.77 bits per heavy atom. The maximum atomic E-state index is 2.51. The maximum absolute atomic E-state index is 2.51. The van der Waals surface area contributed by atoms with Crippen LogP contribution in [0, 0.1) is 5.41 Å². The monoisotopic (exact) mass is 185 g/mol. The highest BCUT2D eigenvalue weighted by Crippen LogP contribution is 2.28. The van der Waals surface area contributed by atoms with E-state index in [4.69, 9.17) is 0 Å². The first-order valence-corrected chi connectivity index (χ1v) is 5.69. The molecule has 0 saturated carbocycles. The van der Waals surface area contributed by atoms with Gasteiger partial charge in [-0.2, -0.15) is 0 Å². The predicted molar refractivity (Wildman–Crippen MR) is 61.1 cm³/mol. The first kappa shape index (κ1) is 13.0. The van der Waals surface area contributed by atoms with Crippen LogP contribution in [0.4, 0.5) is 0 Å². The van der Waals surface area contributed by atoms with Crippen LogP contribution in [0.15, 0.2) is 0 Å². The summed E-state index contributed by atoms with van der Waals surface area (Å²) in [5.74, 6) is 0. The van der Waals surface area contributed by atoms with Gasteiger partial charge in [-0.05, 0) is 38.3 Å². The highest BCUT2D eigenvalue weighted by molar-refractivity contribution is 4.80. The minimum Gasteiger partial charge on any atom is -0.303 e. The van der Waals surface area contributed by atoms with Crippen molar-refractivity contribution in [3.8, 4) is 0 Å². The zero-order valence-corrected chi connectivity index (χ0v) is 10.4. The van der Waals surface area contributed by atoms with Gasteiger partial charge in [0.25, 0.3) is 0 Å². The molecule has 0 aromatic rings. The fourth-order valence-electron chi connectivity index (χ4n) is 1.94. The van der Waals surface area contributed by atoms with Gasteiger partial charge in [0.05, 0.1) is 0 Å². The molecule has 1 rings (SSSR count). The van der Waals surface area contributed by atoms with Gasteiger partial charge < -0.3 is 4.90 Å². The summed E-state index contributed by atoms with van der Waals surface area (Å²) in [5.41, 5.74) is 0.503. The third-order valence-electron chi connectivity index (χ3n) is 2.52. The average molecular weight is 185 g/mol. The van der Waals surface area contributed by atoms with Crippen molar-refractivity contribution >= 4 is 0 Å². The van der Waals surface area contributed by atoms with E-state index in [1.54, 1.807) is 0 Å². The van der Waals surface area contributed by atoms with Crippen molar-refractivity contribution in [2.75, 3.05) is 13.6 Å². The summed E-state index contributed by atoms with van der Waals surface area (Å²) in [6, 6.07) is 0.856. The highest BCUT2D eigenvalue weighted by atomic mass is 15.1. The van der Waals surface area contributed by atoms with Crippen molar-refractivity contribution in [2.24, 2.45) is 5.41 Å². The molecule has 0 N–H and O–H groups in total. The van der Waals surface area contributed by atoms with Crippen molar-refractivity contribution in [1.82, 2.24) is 4.90 Å². The molecule has 0 bridgehead atoms. The maximum Gasteiger partial charge on any atom is 0.00976 e. The zero-order valence-electron chi connectivity index (χ0n) is 10.4. The Hall–Kier alpha value is -0.0400. The number of nitrogens with zero attached hydrogens (tertiary/aromatic N) is 1. The first-order chi connectivity index (χ1) is 5.99. The lowest BCUT2D eigenvalue weighted by Gasteiger charge is -2.27. The molecule has 1 aliphatic rings. The zero-order chi connectivity index (χ0) is 10.5. The van der Waals surface area contributed by atoms with E-state index >= 15 is 0 Å². The molecule has 0 amide bonds. The smallest absolute Gasteiger partial charge is 0.00976 e. The van der Waals surface area contributed by atoms with Gasteiger partial charge in [0.1, 0.15) is 0 Å². The number of hydrogen-bond donors (Lipinski definition) is 0. The highest BCUT2D eigenvalue weighted by Gasteiger charge is 2.25. The van der Waals surface area contributed by atoms with Crippen LogP contribution in [0.2, 0.25) is 0 Å². The number of rotatable bonds is 1. The lowest BCUT2D eigenvalue weighted by molar-refractivity contribution is 0.224. The van der Waals surface area contributed by atoms with E-state index in [1.165, 1.54) is 25.8 Å². The standard InChI is InChI=1S/C10H21N.C2H6/c1-10(2,3)8-9-6-5-7-11(9)4;1-2/h9H,5-8H2,1-4H3;1-2H3. The van der Waals surface area contributed by atoms with E-state index in [0.717, 1.165) is 6.04 Å². The molecule has 0 aliphatic carbocycles. The van der Waals surface area contributed by atoms with Crippen LogP contribution in [0.25, 0.3) is 0 Å². The summed E-state index contributed by atoms with van der Waals surface area (Å²) >= 11 is 0. The fraction of sp³-hybridized carbons (Fsp3) is 1.00. The van der Waals surface area contributed by atoms with Crippen molar-refractivity contribution in [3.05, 3.63) is 0 Å². The molecule has 13 heavy (non-hydrogen) atoms. The molecule has 0 spiro atoms. The van der Waals surface area contributed by atoms with Crippen LogP contribution in [-0.2, 0) is 0 Å². The van der Waals surface area contributed by atoms with Gasteiger partial charge in [0.2, 0.25) is 0 Å². The second-order valence-electron chi connectivity index (χ2n) is 5.04. The summed E-state index contributed by atoms with van der Waals surface area (Å²) in [6.45, 7) is 12.3. The molecule has 1 fully saturated rings. The van der Waals surface area contributed by atoms with Crippen molar-refractivity contribution in [1.29, 1.82) is 0 Å². The van der Waals surface area contributed by atoms with Crippen LogP contribution in [0.5, 0.6) is 0 Å². The minimum absolute atomic E-state index is 0.503. The van der Waals surface area contributed by atoms with Crippen LogP contribution < -0.4 is 0 Å². The van der Waals surface area contributed by atoms with E-state index < -0.39 is 0 Å². The Bertz CT molecular complexity index is 124. The molecule has 1 nitrogen and oxygen atoms in total. The van der Waals surface area contributed by atoms with Crippen molar-refractivity contribution < 1.29 is 0 Å². The molecule has 1 heterocycles. The lowest BCUT2D eigenvalue weighted by Crippen LogP contribution is -2.29. The molecule has 0 radical (unpaired) electrons. The lowest BCUT2D eigenvalue weighted by atomic mass is 9.87. The molecule has 1 saturated heterocycles. The van der Waals surface area contributed by atoms with Gasteiger partial charge in [-0.15, -0.1) is 0 Å². The Morgan fingerprint density at radius 1 is 1.23 bits per heavy atom. The summed E-state index contributed by atoms with van der Waals surface area (Å²) < 4.78 is 0. The van der Waals surface area contributed by atoms with Crippen molar-refractivity contribution in [3.63, 3.8) is 0 Å². The van der Waals surface area contributed by atoms with E-state index in [-0.39, 0.29) is 0 Å². The fourth-order valence-corrected chi connectivity index (χ4v) is 1.94. The van der Waals surface area contributed by atoms with Gasteiger partial charge in [-0.1, -0.05) is 34.6 Å². The van der Waals surface area contributed by atoms with Crippen LogP contribution >= 0.6 is 0 Å². The quantitative estimate of drug-likeness (QED) is 0.604. The molecule has 1 heteroatoms. The van der Waals surface area contributed by atoms with Gasteiger partial charge in [-0.25, -0.2) is 0 Å². The van der Waals surface area contributed by atoms with Gasteiger partial charge in [-0.3, -0.25) is 0 Å². The molecule has 0 aromatic carbocycles. The largest absolute Gasteiger partial charge is 0.303 e. The number of likely N-dealkylation sites (tertiary alicyclic amines) is 1. The molecule has 0 aromatic heterocycles. The molecule has 1 aliphatic heterocycles. The SMILES string of the molecule is CC.CN1CCCC1CC(C)(C)C. The molecule has 1 atom stereocenters. The summed E-state index contributed by atoms with van der Waals surface area (Å²) in [6.07, 6.45) is 4.16. The normalized spacial score (nSPS) is 24.0. The summed E-state index contributed by atoms with van der Waals surface area (Å²) in [4.78, 5) is 2.51. The molecule has 80 valence electrons. The van der Waals surface area contributed by atoms with Gasteiger partial charge in [0, 0.05) is 6.04 Å². The predicted octanol–water partition coefficient (Wildman–Crippen LogP) is 3.54. The Morgan fingerprint density at radius 3 is 2.08 bits per heavy atom. The molecular formula is C12H27N. The summed E-state index contributed by atoms with van der Waals surface area (Å²) in [5, 5.41) is 0. The van der Waals surface area contributed by atoms with E-state index in [1.807, 2.05) is 13.8 Å². The van der Waals surface area contributed by atoms with Crippen LogP contribution in [0.3, 0.4) is 0 Å². The van der Waals surface area contributed by atoms with Gasteiger partial charge in [0.15, 0.2) is 0 Å². The molecule has 1 unspecified atom stereocenters. The van der Waals surface area contributed by atoms with E-state index in [9.17, 15) is 0 Å². The third-order valence-corrected chi connectivity index (χ3v) is 2.52. The third kappa shape index (κ3) is 5.30. The second kappa shape index (κ2) is 5.64. The second-order valence-corrected chi connectivity index (χ2v) is 5.04. The Balaban J connectivity index is 0.000000671. The average Bonchev–Trinajstić information content (AvgIpc) is 2.38.